The predicted octanol–water partition coefficient (Wildman–Crippen LogP) is 2.77. The van der Waals surface area contributed by atoms with Crippen LogP contribution in [0.2, 0.25) is 0 Å². The Labute approximate surface area is 144 Å². The summed E-state index contributed by atoms with van der Waals surface area (Å²) in [7, 11) is 6.09. The fraction of sp³-hybridized carbons (Fsp3) is 0.474. The van der Waals surface area contributed by atoms with E-state index in [1.165, 1.54) is 37.1 Å². The van der Waals surface area contributed by atoms with Crippen molar-refractivity contribution in [1.82, 2.24) is 14.9 Å². The van der Waals surface area contributed by atoms with Crippen molar-refractivity contribution in [3.8, 4) is 0 Å². The van der Waals surface area contributed by atoms with E-state index in [0.29, 0.717) is 0 Å². The van der Waals surface area contributed by atoms with E-state index in [1.54, 1.807) is 12.4 Å². The molecule has 2 heterocycles. The minimum atomic E-state index is 0.837. The van der Waals surface area contributed by atoms with Crippen LogP contribution < -0.4 is 9.80 Å². The van der Waals surface area contributed by atoms with Crippen molar-refractivity contribution in [3.05, 3.63) is 47.8 Å². The molecule has 1 aliphatic rings. The standard InChI is InChI=1S/C19H27N5/c1-22(2)18-19(21-11-10-20-18)23(3)14-16-8-4-5-9-17(16)15-24-12-6-7-13-24/h4-5,8-11H,6-7,12-15H2,1-3H3. The molecule has 1 fully saturated rings. The maximum absolute atomic E-state index is 4.54. The average Bonchev–Trinajstić information content (AvgIpc) is 3.09. The summed E-state index contributed by atoms with van der Waals surface area (Å²) in [6.45, 7) is 4.33. The van der Waals surface area contributed by atoms with Gasteiger partial charge in [-0.15, -0.1) is 0 Å². The fourth-order valence-electron chi connectivity index (χ4n) is 3.29. The van der Waals surface area contributed by atoms with E-state index >= 15 is 0 Å². The van der Waals surface area contributed by atoms with Gasteiger partial charge in [-0.05, 0) is 37.1 Å². The average molecular weight is 325 g/mol. The molecule has 1 aromatic carbocycles. The van der Waals surface area contributed by atoms with Crippen LogP contribution in [0, 0.1) is 0 Å². The van der Waals surface area contributed by atoms with E-state index in [0.717, 1.165) is 24.7 Å². The molecule has 0 amide bonds. The van der Waals surface area contributed by atoms with Crippen molar-refractivity contribution in [2.45, 2.75) is 25.9 Å². The summed E-state index contributed by atoms with van der Waals surface area (Å²) in [6, 6.07) is 8.75. The minimum Gasteiger partial charge on any atom is -0.360 e. The molecule has 128 valence electrons. The Kier molecular flexibility index (Phi) is 5.30. The molecule has 1 aromatic heterocycles. The fourth-order valence-corrected chi connectivity index (χ4v) is 3.29. The summed E-state index contributed by atoms with van der Waals surface area (Å²) in [6.07, 6.45) is 6.16. The maximum Gasteiger partial charge on any atom is 0.172 e. The Morgan fingerprint density at radius 2 is 1.54 bits per heavy atom. The number of benzene rings is 1. The molecule has 3 rings (SSSR count). The summed E-state index contributed by atoms with van der Waals surface area (Å²) >= 11 is 0. The Balaban J connectivity index is 1.78. The second-order valence-corrected chi connectivity index (χ2v) is 6.71. The molecule has 0 spiro atoms. The third-order valence-electron chi connectivity index (χ3n) is 4.56. The van der Waals surface area contributed by atoms with Gasteiger partial charge in [0.15, 0.2) is 11.6 Å². The summed E-state index contributed by atoms with van der Waals surface area (Å²) in [5.74, 6) is 1.82. The van der Waals surface area contributed by atoms with Gasteiger partial charge >= 0.3 is 0 Å². The highest BCUT2D eigenvalue weighted by molar-refractivity contribution is 5.61. The van der Waals surface area contributed by atoms with Gasteiger partial charge in [-0.1, -0.05) is 24.3 Å². The van der Waals surface area contributed by atoms with Crippen molar-refractivity contribution >= 4 is 11.6 Å². The third-order valence-corrected chi connectivity index (χ3v) is 4.56. The Hall–Kier alpha value is -2.14. The molecule has 0 unspecified atom stereocenters. The van der Waals surface area contributed by atoms with Gasteiger partial charge in [0, 0.05) is 46.6 Å². The quantitative estimate of drug-likeness (QED) is 0.816. The zero-order valence-electron chi connectivity index (χ0n) is 14.9. The van der Waals surface area contributed by atoms with Crippen molar-refractivity contribution in [2.75, 3.05) is 44.0 Å². The van der Waals surface area contributed by atoms with Gasteiger partial charge in [0.2, 0.25) is 0 Å². The molecule has 1 saturated heterocycles. The van der Waals surface area contributed by atoms with Crippen molar-refractivity contribution < 1.29 is 0 Å². The number of likely N-dealkylation sites (tertiary alicyclic amines) is 1. The molecule has 1 aliphatic heterocycles. The monoisotopic (exact) mass is 325 g/mol. The first-order valence-corrected chi connectivity index (χ1v) is 8.64. The van der Waals surface area contributed by atoms with Crippen LogP contribution in [0.1, 0.15) is 24.0 Å². The van der Waals surface area contributed by atoms with Gasteiger partial charge in [-0.2, -0.15) is 0 Å². The molecular formula is C19H27N5. The van der Waals surface area contributed by atoms with Crippen LogP contribution in [0.4, 0.5) is 11.6 Å². The highest BCUT2D eigenvalue weighted by Gasteiger charge is 2.16. The molecule has 0 N–H and O–H groups in total. The Bertz CT molecular complexity index is 664. The van der Waals surface area contributed by atoms with Crippen LogP contribution in [0.25, 0.3) is 0 Å². The van der Waals surface area contributed by atoms with Crippen LogP contribution in [-0.4, -0.2) is 49.1 Å². The topological polar surface area (TPSA) is 35.5 Å². The minimum absolute atomic E-state index is 0.837. The van der Waals surface area contributed by atoms with E-state index in [2.05, 4.69) is 51.1 Å². The summed E-state index contributed by atoms with van der Waals surface area (Å²) in [5, 5.41) is 0. The lowest BCUT2D eigenvalue weighted by Crippen LogP contribution is -2.24. The smallest absolute Gasteiger partial charge is 0.172 e. The van der Waals surface area contributed by atoms with Crippen LogP contribution in [-0.2, 0) is 13.1 Å². The van der Waals surface area contributed by atoms with E-state index in [1.807, 2.05) is 19.0 Å². The zero-order valence-corrected chi connectivity index (χ0v) is 14.9. The lowest BCUT2D eigenvalue weighted by Gasteiger charge is -2.25. The number of hydrogen-bond acceptors (Lipinski definition) is 5. The Morgan fingerprint density at radius 3 is 2.21 bits per heavy atom. The van der Waals surface area contributed by atoms with Gasteiger partial charge in [0.1, 0.15) is 0 Å². The molecule has 0 atom stereocenters. The lowest BCUT2D eigenvalue weighted by atomic mass is 10.1. The van der Waals surface area contributed by atoms with E-state index in [-0.39, 0.29) is 0 Å². The van der Waals surface area contributed by atoms with E-state index in [9.17, 15) is 0 Å². The lowest BCUT2D eigenvalue weighted by molar-refractivity contribution is 0.330. The van der Waals surface area contributed by atoms with Crippen molar-refractivity contribution in [3.63, 3.8) is 0 Å². The summed E-state index contributed by atoms with van der Waals surface area (Å²) < 4.78 is 0. The number of aromatic nitrogens is 2. The molecule has 5 heteroatoms. The molecule has 2 aromatic rings. The number of hydrogen-bond donors (Lipinski definition) is 0. The molecule has 0 saturated carbocycles. The normalized spacial score (nSPS) is 14.8. The molecule has 5 nitrogen and oxygen atoms in total. The molecule has 0 radical (unpaired) electrons. The second kappa shape index (κ2) is 7.62. The summed E-state index contributed by atoms with van der Waals surface area (Å²) in [5.41, 5.74) is 2.78. The largest absolute Gasteiger partial charge is 0.360 e. The van der Waals surface area contributed by atoms with Crippen LogP contribution in [0.3, 0.4) is 0 Å². The molecule has 0 aliphatic carbocycles. The number of nitrogens with zero attached hydrogens (tertiary/aromatic N) is 5. The SMILES string of the molecule is CN(C)c1nccnc1N(C)Cc1ccccc1CN1CCCC1. The van der Waals surface area contributed by atoms with Crippen LogP contribution >= 0.6 is 0 Å². The van der Waals surface area contributed by atoms with Gasteiger partial charge in [0.05, 0.1) is 0 Å². The van der Waals surface area contributed by atoms with Crippen molar-refractivity contribution in [2.24, 2.45) is 0 Å². The first-order valence-electron chi connectivity index (χ1n) is 8.64. The molecule has 0 bridgehead atoms. The molecule has 24 heavy (non-hydrogen) atoms. The first kappa shape index (κ1) is 16.7. The van der Waals surface area contributed by atoms with E-state index < -0.39 is 0 Å². The third kappa shape index (κ3) is 3.85. The van der Waals surface area contributed by atoms with Gasteiger partial charge in [0.25, 0.3) is 0 Å². The first-order chi connectivity index (χ1) is 11.6. The summed E-state index contributed by atoms with van der Waals surface area (Å²) in [4.78, 5) is 15.7. The maximum atomic E-state index is 4.54. The highest BCUT2D eigenvalue weighted by Crippen LogP contribution is 2.24. The number of rotatable bonds is 6. The van der Waals surface area contributed by atoms with Crippen LogP contribution in [0.15, 0.2) is 36.7 Å². The zero-order chi connectivity index (χ0) is 16.9. The number of anilines is 2. The van der Waals surface area contributed by atoms with Crippen molar-refractivity contribution in [1.29, 1.82) is 0 Å². The van der Waals surface area contributed by atoms with Gasteiger partial charge in [-0.3, -0.25) is 4.90 Å². The van der Waals surface area contributed by atoms with Gasteiger partial charge in [-0.25, -0.2) is 9.97 Å². The highest BCUT2D eigenvalue weighted by atomic mass is 15.2. The molecular weight excluding hydrogens is 298 g/mol. The predicted molar refractivity (Wildman–Crippen MR) is 99.4 cm³/mol. The van der Waals surface area contributed by atoms with Gasteiger partial charge < -0.3 is 9.80 Å². The second-order valence-electron chi connectivity index (χ2n) is 6.71. The van der Waals surface area contributed by atoms with Crippen LogP contribution in [0.5, 0.6) is 0 Å². The van der Waals surface area contributed by atoms with E-state index in [4.69, 9.17) is 0 Å². The Morgan fingerprint density at radius 1 is 0.917 bits per heavy atom.